The van der Waals surface area contributed by atoms with Crippen molar-refractivity contribution in [1.82, 2.24) is 14.8 Å². The molecule has 2 heterocycles. The fraction of sp³-hybridized carbons (Fsp3) is 0.423. The molecular weight excluding hydrogens is 453 g/mol. The highest BCUT2D eigenvalue weighted by Gasteiger charge is 2.34. The summed E-state index contributed by atoms with van der Waals surface area (Å²) in [5, 5.41) is 19.2. The maximum atomic E-state index is 13.4. The van der Waals surface area contributed by atoms with Gasteiger partial charge < -0.3 is 24.7 Å². The van der Waals surface area contributed by atoms with Crippen LogP contribution in [-0.4, -0.2) is 81.8 Å². The summed E-state index contributed by atoms with van der Waals surface area (Å²) >= 11 is 0. The Balaban J connectivity index is 1.94. The molecule has 0 unspecified atom stereocenters. The SMILES string of the molecule is C[C@H](CO)N1C[C@H](C)[C@H](CN(C)C(=O)c2ccc(F)cc2)Oc2ncc(C#C[C@@H](C)O)cc2C1=O. The van der Waals surface area contributed by atoms with Crippen LogP contribution in [0.4, 0.5) is 4.39 Å². The Bertz CT molecular complexity index is 1130. The fourth-order valence-corrected chi connectivity index (χ4v) is 3.74. The average Bonchev–Trinajstić information content (AvgIpc) is 2.84. The summed E-state index contributed by atoms with van der Waals surface area (Å²) in [4.78, 5) is 33.6. The second-order valence-electron chi connectivity index (χ2n) is 8.84. The van der Waals surface area contributed by atoms with E-state index in [4.69, 9.17) is 4.74 Å². The molecule has 3 rings (SSSR count). The lowest BCUT2D eigenvalue weighted by Gasteiger charge is -2.37. The summed E-state index contributed by atoms with van der Waals surface area (Å²) in [6.45, 7) is 5.43. The molecule has 0 saturated heterocycles. The molecule has 0 bridgehead atoms. The van der Waals surface area contributed by atoms with Crippen LogP contribution in [0.2, 0.25) is 0 Å². The number of aliphatic hydroxyl groups is 2. The summed E-state index contributed by atoms with van der Waals surface area (Å²) in [6.07, 6.45) is 0.0960. The first-order valence-corrected chi connectivity index (χ1v) is 11.4. The second kappa shape index (κ2) is 11.3. The van der Waals surface area contributed by atoms with E-state index < -0.39 is 24.1 Å². The van der Waals surface area contributed by atoms with E-state index in [0.29, 0.717) is 11.1 Å². The van der Waals surface area contributed by atoms with Gasteiger partial charge in [-0.2, -0.15) is 0 Å². The van der Waals surface area contributed by atoms with Crippen molar-refractivity contribution >= 4 is 11.8 Å². The number of nitrogens with zero attached hydrogens (tertiary/aromatic N) is 3. The molecular formula is C26H30FN3O5. The Morgan fingerprint density at radius 1 is 1.34 bits per heavy atom. The number of hydrogen-bond donors (Lipinski definition) is 2. The average molecular weight is 484 g/mol. The molecule has 35 heavy (non-hydrogen) atoms. The molecule has 1 aliphatic rings. The number of aliphatic hydroxyl groups excluding tert-OH is 2. The number of hydrogen-bond acceptors (Lipinski definition) is 6. The molecule has 8 nitrogen and oxygen atoms in total. The van der Waals surface area contributed by atoms with E-state index >= 15 is 0 Å². The first-order chi connectivity index (χ1) is 16.6. The van der Waals surface area contributed by atoms with Crippen molar-refractivity contribution in [1.29, 1.82) is 0 Å². The minimum atomic E-state index is -0.839. The Kier molecular flexibility index (Phi) is 8.43. The van der Waals surface area contributed by atoms with E-state index in [0.717, 1.165) is 0 Å². The predicted molar refractivity (Wildman–Crippen MR) is 127 cm³/mol. The Morgan fingerprint density at radius 3 is 2.66 bits per heavy atom. The van der Waals surface area contributed by atoms with Crippen molar-refractivity contribution in [2.24, 2.45) is 5.92 Å². The van der Waals surface area contributed by atoms with Gasteiger partial charge in [0.1, 0.15) is 23.6 Å². The maximum Gasteiger partial charge on any atom is 0.259 e. The monoisotopic (exact) mass is 483 g/mol. The van der Waals surface area contributed by atoms with Gasteiger partial charge in [-0.1, -0.05) is 18.8 Å². The molecule has 2 aromatic rings. The Hall–Kier alpha value is -3.48. The standard InChI is InChI=1S/C26H30FN3O5/c1-16-13-30(17(2)15-31)26(34)22-11-19(6-5-18(3)32)12-28-24(22)35-23(16)14-29(4)25(33)20-7-9-21(27)10-8-20/h7-12,16-18,23,31-32H,13-15H2,1-4H3/t16-,17+,18+,23-/m0/s1. The molecule has 4 atom stereocenters. The van der Waals surface area contributed by atoms with Crippen molar-refractivity contribution < 1.29 is 28.9 Å². The van der Waals surface area contributed by atoms with Crippen molar-refractivity contribution in [3.8, 4) is 17.7 Å². The van der Waals surface area contributed by atoms with Gasteiger partial charge in [0.15, 0.2) is 0 Å². The number of carbonyl (C=O) groups excluding carboxylic acids is 2. The Morgan fingerprint density at radius 2 is 2.03 bits per heavy atom. The number of aromatic nitrogens is 1. The van der Waals surface area contributed by atoms with E-state index in [9.17, 15) is 24.2 Å². The van der Waals surface area contributed by atoms with E-state index in [-0.39, 0.29) is 48.9 Å². The van der Waals surface area contributed by atoms with Crippen LogP contribution in [0.1, 0.15) is 47.1 Å². The van der Waals surface area contributed by atoms with Gasteiger partial charge in [0, 0.05) is 36.8 Å². The summed E-state index contributed by atoms with van der Waals surface area (Å²) < 4.78 is 19.4. The number of halogens is 1. The summed E-state index contributed by atoms with van der Waals surface area (Å²) in [5.41, 5.74) is 0.969. The van der Waals surface area contributed by atoms with Crippen LogP contribution in [0, 0.1) is 23.6 Å². The highest BCUT2D eigenvalue weighted by molar-refractivity contribution is 5.97. The lowest BCUT2D eigenvalue weighted by Crippen LogP contribution is -2.50. The van der Waals surface area contributed by atoms with Gasteiger partial charge in [-0.3, -0.25) is 9.59 Å². The molecule has 0 aliphatic carbocycles. The fourth-order valence-electron chi connectivity index (χ4n) is 3.74. The van der Waals surface area contributed by atoms with E-state index in [2.05, 4.69) is 16.8 Å². The number of likely N-dealkylation sites (N-methyl/N-ethyl adjacent to an activating group) is 1. The number of amides is 2. The topological polar surface area (TPSA) is 103 Å². The van der Waals surface area contributed by atoms with E-state index in [1.54, 1.807) is 24.9 Å². The molecule has 0 saturated carbocycles. The summed E-state index contributed by atoms with van der Waals surface area (Å²) in [6, 6.07) is 6.40. The third-order valence-corrected chi connectivity index (χ3v) is 5.84. The molecule has 186 valence electrons. The summed E-state index contributed by atoms with van der Waals surface area (Å²) in [5.74, 6) is 4.23. The number of rotatable bonds is 5. The second-order valence-corrected chi connectivity index (χ2v) is 8.84. The van der Waals surface area contributed by atoms with Gasteiger partial charge in [0.25, 0.3) is 11.8 Å². The Labute approximate surface area is 204 Å². The number of carbonyl (C=O) groups is 2. The van der Waals surface area contributed by atoms with Crippen molar-refractivity contribution in [2.45, 2.75) is 39.0 Å². The normalized spacial score (nSPS) is 19.3. The zero-order chi connectivity index (χ0) is 25.7. The van der Waals surface area contributed by atoms with Gasteiger partial charge in [0.05, 0.1) is 19.2 Å². The number of fused-ring (bicyclic) bond motifs is 1. The van der Waals surface area contributed by atoms with E-state index in [1.807, 2.05) is 6.92 Å². The van der Waals surface area contributed by atoms with Crippen molar-refractivity contribution in [2.75, 3.05) is 26.7 Å². The largest absolute Gasteiger partial charge is 0.472 e. The highest BCUT2D eigenvalue weighted by atomic mass is 19.1. The van der Waals surface area contributed by atoms with Gasteiger partial charge in [0.2, 0.25) is 5.88 Å². The molecule has 0 fully saturated rings. The van der Waals surface area contributed by atoms with Crippen LogP contribution in [-0.2, 0) is 0 Å². The minimum Gasteiger partial charge on any atom is -0.472 e. The first-order valence-electron chi connectivity index (χ1n) is 11.4. The van der Waals surface area contributed by atoms with Crippen LogP contribution in [0.3, 0.4) is 0 Å². The smallest absolute Gasteiger partial charge is 0.259 e. The minimum absolute atomic E-state index is 0.104. The summed E-state index contributed by atoms with van der Waals surface area (Å²) in [7, 11) is 1.63. The van der Waals surface area contributed by atoms with Crippen molar-refractivity contribution in [3.05, 3.63) is 59.0 Å². The molecule has 0 spiro atoms. The lowest BCUT2D eigenvalue weighted by atomic mass is 9.99. The zero-order valence-electron chi connectivity index (χ0n) is 20.2. The quantitative estimate of drug-likeness (QED) is 0.631. The third-order valence-electron chi connectivity index (χ3n) is 5.84. The predicted octanol–water partition coefficient (Wildman–Crippen LogP) is 1.95. The third kappa shape index (κ3) is 6.35. The van der Waals surface area contributed by atoms with Gasteiger partial charge in [-0.15, -0.1) is 0 Å². The van der Waals surface area contributed by atoms with E-state index in [1.165, 1.54) is 42.3 Å². The highest BCUT2D eigenvalue weighted by Crippen LogP contribution is 2.27. The van der Waals surface area contributed by atoms with Crippen LogP contribution >= 0.6 is 0 Å². The molecule has 1 aliphatic heterocycles. The first kappa shape index (κ1) is 26.1. The van der Waals surface area contributed by atoms with Crippen molar-refractivity contribution in [3.63, 3.8) is 0 Å². The maximum absolute atomic E-state index is 13.4. The molecule has 1 aromatic heterocycles. The van der Waals surface area contributed by atoms with Crippen LogP contribution in [0.5, 0.6) is 5.88 Å². The molecule has 2 N–H and O–H groups in total. The number of pyridine rings is 1. The van der Waals surface area contributed by atoms with Gasteiger partial charge in [-0.25, -0.2) is 9.37 Å². The lowest BCUT2D eigenvalue weighted by molar-refractivity contribution is 0.0313. The molecule has 2 amide bonds. The van der Waals surface area contributed by atoms with Gasteiger partial charge >= 0.3 is 0 Å². The number of benzene rings is 1. The van der Waals surface area contributed by atoms with Crippen LogP contribution < -0.4 is 4.74 Å². The molecule has 9 heteroatoms. The number of ether oxygens (including phenoxy) is 1. The molecule has 1 aromatic carbocycles. The van der Waals surface area contributed by atoms with Crippen LogP contribution in [0.15, 0.2) is 36.5 Å². The molecule has 0 radical (unpaired) electrons. The van der Waals surface area contributed by atoms with Crippen LogP contribution in [0.25, 0.3) is 0 Å². The van der Waals surface area contributed by atoms with Gasteiger partial charge in [-0.05, 0) is 44.2 Å². The zero-order valence-corrected chi connectivity index (χ0v) is 20.2.